The molecule has 0 bridgehead atoms. The maximum Gasteiger partial charge on any atom is 0.312 e. The molecular weight excluding hydrogens is 308 g/mol. The van der Waals surface area contributed by atoms with Gasteiger partial charge in [-0.3, -0.25) is 14.4 Å². The Bertz CT molecular complexity index is 667. The number of amides is 2. The second-order valence-electron chi connectivity index (χ2n) is 6.61. The molecule has 6 nitrogen and oxygen atoms in total. The van der Waals surface area contributed by atoms with Gasteiger partial charge in [0, 0.05) is 18.2 Å². The van der Waals surface area contributed by atoms with E-state index in [1.807, 2.05) is 0 Å². The fraction of sp³-hybridized carbons (Fsp3) is 0.500. The highest BCUT2D eigenvalue weighted by Gasteiger charge is 2.38. The van der Waals surface area contributed by atoms with E-state index >= 15 is 0 Å². The number of hydrogen-bond donors (Lipinski definition) is 2. The molecule has 1 saturated carbocycles. The van der Waals surface area contributed by atoms with Crippen molar-refractivity contribution in [3.8, 4) is 0 Å². The van der Waals surface area contributed by atoms with Crippen LogP contribution >= 0.6 is 0 Å². The lowest BCUT2D eigenvalue weighted by atomic mass is 10.0. The van der Waals surface area contributed by atoms with Crippen LogP contribution in [0.4, 0.5) is 5.69 Å². The zero-order valence-electron chi connectivity index (χ0n) is 13.7. The Morgan fingerprint density at radius 1 is 1.21 bits per heavy atom. The number of carboxylic acid groups (broad SMARTS) is 1. The number of nitrogens with zero attached hydrogens (tertiary/aromatic N) is 1. The van der Waals surface area contributed by atoms with E-state index in [4.69, 9.17) is 0 Å². The molecule has 0 radical (unpaired) electrons. The third-order valence-electron chi connectivity index (χ3n) is 4.99. The van der Waals surface area contributed by atoms with Crippen molar-refractivity contribution in [2.24, 2.45) is 5.92 Å². The molecule has 1 aliphatic heterocycles. The first-order valence-electron chi connectivity index (χ1n) is 8.42. The van der Waals surface area contributed by atoms with Crippen molar-refractivity contribution in [3.63, 3.8) is 0 Å². The molecule has 2 N–H and O–H groups in total. The quantitative estimate of drug-likeness (QED) is 0.883. The van der Waals surface area contributed by atoms with Gasteiger partial charge in [0.15, 0.2) is 0 Å². The SMILES string of the molecule is C[C@@H](NC(=O)C1CCCC1)C(=O)N1C[C@@H](C(=O)O)c2ccccc21. The largest absolute Gasteiger partial charge is 0.481 e. The summed E-state index contributed by atoms with van der Waals surface area (Å²) in [4.78, 5) is 37.9. The minimum atomic E-state index is -0.944. The van der Waals surface area contributed by atoms with Crippen LogP contribution in [0.5, 0.6) is 0 Å². The molecule has 0 saturated heterocycles. The summed E-state index contributed by atoms with van der Waals surface area (Å²) < 4.78 is 0. The molecule has 128 valence electrons. The second-order valence-corrected chi connectivity index (χ2v) is 6.61. The van der Waals surface area contributed by atoms with E-state index in [9.17, 15) is 19.5 Å². The Balaban J connectivity index is 1.72. The molecule has 0 unspecified atom stereocenters. The number of para-hydroxylation sites is 1. The van der Waals surface area contributed by atoms with Gasteiger partial charge in [-0.15, -0.1) is 0 Å². The zero-order valence-corrected chi connectivity index (χ0v) is 13.7. The van der Waals surface area contributed by atoms with Crippen LogP contribution in [-0.2, 0) is 14.4 Å². The van der Waals surface area contributed by atoms with Crippen LogP contribution in [0.1, 0.15) is 44.1 Å². The Labute approximate surface area is 140 Å². The highest BCUT2D eigenvalue weighted by molar-refractivity contribution is 6.02. The molecule has 2 atom stereocenters. The van der Waals surface area contributed by atoms with Crippen LogP contribution in [0.25, 0.3) is 0 Å². The zero-order chi connectivity index (χ0) is 17.3. The molecule has 1 aliphatic carbocycles. The fourth-order valence-electron chi connectivity index (χ4n) is 3.64. The number of rotatable bonds is 4. The van der Waals surface area contributed by atoms with Crippen molar-refractivity contribution < 1.29 is 19.5 Å². The Morgan fingerprint density at radius 2 is 1.88 bits per heavy atom. The Hall–Kier alpha value is -2.37. The molecule has 2 amide bonds. The molecule has 1 heterocycles. The summed E-state index contributed by atoms with van der Waals surface area (Å²) in [7, 11) is 0. The van der Waals surface area contributed by atoms with Gasteiger partial charge in [0.1, 0.15) is 12.0 Å². The molecule has 0 aromatic heterocycles. The molecule has 1 aromatic carbocycles. The maximum atomic E-state index is 12.7. The maximum absolute atomic E-state index is 12.7. The van der Waals surface area contributed by atoms with E-state index in [1.54, 1.807) is 31.2 Å². The van der Waals surface area contributed by atoms with Crippen LogP contribution in [-0.4, -0.2) is 35.5 Å². The van der Waals surface area contributed by atoms with Crippen molar-refractivity contribution in [3.05, 3.63) is 29.8 Å². The number of anilines is 1. The van der Waals surface area contributed by atoms with E-state index in [0.717, 1.165) is 25.7 Å². The number of carbonyl (C=O) groups excluding carboxylic acids is 2. The highest BCUT2D eigenvalue weighted by atomic mass is 16.4. The molecular formula is C18H22N2O4. The molecule has 1 fully saturated rings. The van der Waals surface area contributed by atoms with Gasteiger partial charge in [-0.25, -0.2) is 0 Å². The average molecular weight is 330 g/mol. The topological polar surface area (TPSA) is 86.7 Å². The van der Waals surface area contributed by atoms with E-state index in [1.165, 1.54) is 4.90 Å². The van der Waals surface area contributed by atoms with Gasteiger partial charge in [-0.1, -0.05) is 31.0 Å². The van der Waals surface area contributed by atoms with Gasteiger partial charge in [0.05, 0.1) is 0 Å². The van der Waals surface area contributed by atoms with E-state index < -0.39 is 17.9 Å². The summed E-state index contributed by atoms with van der Waals surface area (Å²) in [5.74, 6) is -2.01. The monoisotopic (exact) mass is 330 g/mol. The van der Waals surface area contributed by atoms with Crippen LogP contribution in [0.2, 0.25) is 0 Å². The Morgan fingerprint density at radius 3 is 2.54 bits per heavy atom. The van der Waals surface area contributed by atoms with Gasteiger partial charge >= 0.3 is 5.97 Å². The molecule has 1 aromatic rings. The number of aliphatic carboxylic acids is 1. The number of hydrogen-bond acceptors (Lipinski definition) is 3. The summed E-state index contributed by atoms with van der Waals surface area (Å²) in [5.41, 5.74) is 1.27. The van der Waals surface area contributed by atoms with Crippen molar-refractivity contribution in [1.29, 1.82) is 0 Å². The number of carbonyl (C=O) groups is 3. The summed E-state index contributed by atoms with van der Waals surface area (Å²) in [6, 6.07) is 6.38. The number of fused-ring (bicyclic) bond motifs is 1. The lowest BCUT2D eigenvalue weighted by Gasteiger charge is -2.23. The number of carboxylic acids is 1. The first-order valence-corrected chi connectivity index (χ1v) is 8.42. The molecule has 3 rings (SSSR count). The van der Waals surface area contributed by atoms with Crippen molar-refractivity contribution in [1.82, 2.24) is 5.32 Å². The van der Waals surface area contributed by atoms with Crippen LogP contribution < -0.4 is 10.2 Å². The van der Waals surface area contributed by atoms with Gasteiger partial charge in [-0.2, -0.15) is 0 Å². The average Bonchev–Trinajstić information content (AvgIpc) is 3.22. The summed E-state index contributed by atoms with van der Waals surface area (Å²) >= 11 is 0. The summed E-state index contributed by atoms with van der Waals surface area (Å²) in [6.45, 7) is 1.77. The van der Waals surface area contributed by atoms with Crippen LogP contribution in [0, 0.1) is 5.92 Å². The van der Waals surface area contributed by atoms with E-state index in [2.05, 4.69) is 5.32 Å². The van der Waals surface area contributed by atoms with Crippen molar-refractivity contribution in [2.75, 3.05) is 11.4 Å². The lowest BCUT2D eigenvalue weighted by molar-refractivity contribution is -0.138. The van der Waals surface area contributed by atoms with Crippen LogP contribution in [0.15, 0.2) is 24.3 Å². The second kappa shape index (κ2) is 6.63. The molecule has 2 aliphatic rings. The summed E-state index contributed by atoms with van der Waals surface area (Å²) in [6.07, 6.45) is 3.86. The minimum Gasteiger partial charge on any atom is -0.481 e. The molecule has 6 heteroatoms. The fourth-order valence-corrected chi connectivity index (χ4v) is 3.64. The van der Waals surface area contributed by atoms with Crippen LogP contribution in [0.3, 0.4) is 0 Å². The number of nitrogens with one attached hydrogen (secondary N) is 1. The third kappa shape index (κ3) is 3.00. The summed E-state index contributed by atoms with van der Waals surface area (Å²) in [5, 5.41) is 12.2. The molecule has 0 spiro atoms. The number of benzene rings is 1. The van der Waals surface area contributed by atoms with Gasteiger partial charge in [-0.05, 0) is 31.4 Å². The predicted octanol–water partition coefficient (Wildman–Crippen LogP) is 1.90. The first-order chi connectivity index (χ1) is 11.5. The predicted molar refractivity (Wildman–Crippen MR) is 88.7 cm³/mol. The highest BCUT2D eigenvalue weighted by Crippen LogP contribution is 2.36. The standard InChI is InChI=1S/C18H22N2O4/c1-11(19-16(21)12-6-2-3-7-12)17(22)20-10-14(18(23)24)13-8-4-5-9-15(13)20/h4-5,8-9,11-12,14H,2-3,6-7,10H2,1H3,(H,19,21)(H,23,24)/t11-,14-/m1/s1. The minimum absolute atomic E-state index is 0.00196. The van der Waals surface area contributed by atoms with Gasteiger partial charge < -0.3 is 15.3 Å². The van der Waals surface area contributed by atoms with E-state index in [0.29, 0.717) is 11.3 Å². The van der Waals surface area contributed by atoms with Crippen molar-refractivity contribution >= 4 is 23.5 Å². The van der Waals surface area contributed by atoms with Gasteiger partial charge in [0.25, 0.3) is 0 Å². The lowest BCUT2D eigenvalue weighted by Crippen LogP contribution is -2.48. The normalized spacial score (nSPS) is 21.4. The molecule has 24 heavy (non-hydrogen) atoms. The first kappa shape index (κ1) is 16.5. The third-order valence-corrected chi connectivity index (χ3v) is 4.99. The Kier molecular flexibility index (Phi) is 4.55. The van der Waals surface area contributed by atoms with Gasteiger partial charge in [0.2, 0.25) is 11.8 Å². The smallest absolute Gasteiger partial charge is 0.312 e. The van der Waals surface area contributed by atoms with Crippen molar-refractivity contribution in [2.45, 2.75) is 44.6 Å². The van der Waals surface area contributed by atoms with E-state index in [-0.39, 0.29) is 24.3 Å².